The molecule has 0 spiro atoms. The summed E-state index contributed by atoms with van der Waals surface area (Å²) in [6.45, 7) is 2.93. The van der Waals surface area contributed by atoms with Crippen LogP contribution in [0.3, 0.4) is 0 Å². The molecule has 0 amide bonds. The summed E-state index contributed by atoms with van der Waals surface area (Å²) in [5.74, 6) is 0.202. The van der Waals surface area contributed by atoms with E-state index in [1.807, 2.05) is 30.3 Å². The molecule has 0 bridgehead atoms. The van der Waals surface area contributed by atoms with E-state index in [2.05, 4.69) is 9.64 Å². The number of esters is 1. The molecule has 0 aliphatic carbocycles. The van der Waals surface area contributed by atoms with Gasteiger partial charge in [0, 0.05) is 6.42 Å². The van der Waals surface area contributed by atoms with Crippen molar-refractivity contribution < 1.29 is 14.6 Å². The molecule has 0 saturated carbocycles. The number of aliphatic hydroxyl groups is 1. The van der Waals surface area contributed by atoms with Crippen molar-refractivity contribution in [2.45, 2.75) is 31.8 Å². The molecule has 1 aromatic carbocycles. The van der Waals surface area contributed by atoms with Gasteiger partial charge in [0.1, 0.15) is 0 Å². The summed E-state index contributed by atoms with van der Waals surface area (Å²) in [6.07, 6.45) is 2.99. The second-order valence-electron chi connectivity index (χ2n) is 5.71. The molecule has 2 rings (SSSR count). The second-order valence-corrected chi connectivity index (χ2v) is 5.71. The van der Waals surface area contributed by atoms with Crippen molar-refractivity contribution in [3.63, 3.8) is 0 Å². The first-order chi connectivity index (χ1) is 10.2. The molecule has 0 aromatic heterocycles. The van der Waals surface area contributed by atoms with Crippen LogP contribution < -0.4 is 0 Å². The molecule has 1 N–H and O–H groups in total. The van der Waals surface area contributed by atoms with Crippen molar-refractivity contribution in [2.24, 2.45) is 5.92 Å². The number of carbonyl (C=O) groups is 1. The summed E-state index contributed by atoms with van der Waals surface area (Å²) in [4.78, 5) is 13.5. The Hall–Kier alpha value is -1.39. The van der Waals surface area contributed by atoms with E-state index >= 15 is 0 Å². The Kier molecular flexibility index (Phi) is 6.21. The number of aliphatic hydroxyl groups excluding tert-OH is 1. The van der Waals surface area contributed by atoms with Gasteiger partial charge in [-0.05, 0) is 50.4 Å². The largest absolute Gasteiger partial charge is 0.469 e. The molecule has 116 valence electrons. The molecule has 21 heavy (non-hydrogen) atoms. The quantitative estimate of drug-likeness (QED) is 0.818. The minimum atomic E-state index is -0.358. The van der Waals surface area contributed by atoms with Crippen LogP contribution in [0.25, 0.3) is 0 Å². The second kappa shape index (κ2) is 8.15. The van der Waals surface area contributed by atoms with Crippen LogP contribution in [0, 0.1) is 5.92 Å². The highest BCUT2D eigenvalue weighted by molar-refractivity contribution is 5.69. The number of likely N-dealkylation sites (tertiary alicyclic amines) is 1. The predicted molar refractivity (Wildman–Crippen MR) is 81.8 cm³/mol. The maximum Gasteiger partial charge on any atom is 0.305 e. The molecular weight excluding hydrogens is 266 g/mol. The molecule has 1 aliphatic heterocycles. The standard InChI is InChI=1S/C17H25NO3/c1-21-16(19)8-5-11-18-12-9-15(10-13-18)17(20)14-6-3-2-4-7-14/h2-4,6-7,15,17,20H,5,8-13H2,1H3. The van der Waals surface area contributed by atoms with Crippen LogP contribution in [-0.2, 0) is 9.53 Å². The molecule has 1 aliphatic rings. The normalized spacial score (nSPS) is 18.4. The monoisotopic (exact) mass is 291 g/mol. The Morgan fingerprint density at radius 3 is 2.62 bits per heavy atom. The number of benzene rings is 1. The van der Waals surface area contributed by atoms with Crippen LogP contribution in [0.4, 0.5) is 0 Å². The number of methoxy groups -OCH3 is 1. The van der Waals surface area contributed by atoms with E-state index in [9.17, 15) is 9.90 Å². The minimum Gasteiger partial charge on any atom is -0.469 e. The van der Waals surface area contributed by atoms with Crippen LogP contribution in [0.15, 0.2) is 30.3 Å². The SMILES string of the molecule is COC(=O)CCCN1CCC(C(O)c2ccccc2)CC1. The lowest BCUT2D eigenvalue weighted by atomic mass is 9.87. The van der Waals surface area contributed by atoms with Crippen LogP contribution in [0.5, 0.6) is 0 Å². The highest BCUT2D eigenvalue weighted by Gasteiger charge is 2.25. The summed E-state index contributed by atoms with van der Waals surface area (Å²) in [5, 5.41) is 10.4. The number of hydrogen-bond donors (Lipinski definition) is 1. The number of ether oxygens (including phenoxy) is 1. The third-order valence-electron chi connectivity index (χ3n) is 4.30. The third-order valence-corrected chi connectivity index (χ3v) is 4.30. The van der Waals surface area contributed by atoms with E-state index in [4.69, 9.17) is 0 Å². The van der Waals surface area contributed by atoms with Gasteiger partial charge in [-0.25, -0.2) is 0 Å². The lowest BCUT2D eigenvalue weighted by molar-refractivity contribution is -0.140. The molecule has 1 unspecified atom stereocenters. The summed E-state index contributed by atoms with van der Waals surface area (Å²) in [6, 6.07) is 9.90. The third kappa shape index (κ3) is 4.83. The molecule has 1 fully saturated rings. The molecule has 1 aromatic rings. The smallest absolute Gasteiger partial charge is 0.305 e. The van der Waals surface area contributed by atoms with Crippen molar-refractivity contribution >= 4 is 5.97 Å². The molecular formula is C17H25NO3. The fourth-order valence-corrected chi connectivity index (χ4v) is 2.96. The average molecular weight is 291 g/mol. The first-order valence-corrected chi connectivity index (χ1v) is 7.73. The van der Waals surface area contributed by atoms with Crippen molar-refractivity contribution in [3.05, 3.63) is 35.9 Å². The Morgan fingerprint density at radius 2 is 2.00 bits per heavy atom. The topological polar surface area (TPSA) is 49.8 Å². The van der Waals surface area contributed by atoms with Gasteiger partial charge in [-0.15, -0.1) is 0 Å². The molecule has 4 heteroatoms. The summed E-state index contributed by atoms with van der Waals surface area (Å²) >= 11 is 0. The zero-order chi connectivity index (χ0) is 15.1. The molecule has 1 atom stereocenters. The van der Waals surface area contributed by atoms with Crippen LogP contribution in [-0.4, -0.2) is 42.7 Å². The van der Waals surface area contributed by atoms with Gasteiger partial charge in [-0.1, -0.05) is 30.3 Å². The average Bonchev–Trinajstić information content (AvgIpc) is 2.55. The molecule has 0 radical (unpaired) electrons. The van der Waals surface area contributed by atoms with Crippen LogP contribution in [0.1, 0.15) is 37.4 Å². The van der Waals surface area contributed by atoms with E-state index in [1.165, 1.54) is 7.11 Å². The van der Waals surface area contributed by atoms with E-state index in [0.717, 1.165) is 44.5 Å². The lowest BCUT2D eigenvalue weighted by Gasteiger charge is -2.34. The first kappa shape index (κ1) is 16.0. The Morgan fingerprint density at radius 1 is 1.33 bits per heavy atom. The van der Waals surface area contributed by atoms with Gasteiger partial charge in [0.2, 0.25) is 0 Å². The zero-order valence-corrected chi connectivity index (χ0v) is 12.7. The number of rotatable bonds is 6. The fourth-order valence-electron chi connectivity index (χ4n) is 2.96. The van der Waals surface area contributed by atoms with Gasteiger partial charge in [0.25, 0.3) is 0 Å². The number of hydrogen-bond acceptors (Lipinski definition) is 4. The Balaban J connectivity index is 1.72. The van der Waals surface area contributed by atoms with Gasteiger partial charge in [-0.3, -0.25) is 4.79 Å². The Bertz CT molecular complexity index is 427. The van der Waals surface area contributed by atoms with Crippen molar-refractivity contribution in [1.82, 2.24) is 4.90 Å². The molecule has 1 heterocycles. The van der Waals surface area contributed by atoms with E-state index < -0.39 is 0 Å². The Labute approximate surface area is 126 Å². The minimum absolute atomic E-state index is 0.135. The number of piperidine rings is 1. The van der Waals surface area contributed by atoms with E-state index in [1.54, 1.807) is 0 Å². The van der Waals surface area contributed by atoms with Gasteiger partial charge < -0.3 is 14.7 Å². The summed E-state index contributed by atoms with van der Waals surface area (Å²) in [5.41, 5.74) is 1.02. The zero-order valence-electron chi connectivity index (χ0n) is 12.7. The molecule has 1 saturated heterocycles. The van der Waals surface area contributed by atoms with Gasteiger partial charge in [0.15, 0.2) is 0 Å². The van der Waals surface area contributed by atoms with Crippen molar-refractivity contribution in [2.75, 3.05) is 26.7 Å². The summed E-state index contributed by atoms with van der Waals surface area (Å²) in [7, 11) is 1.43. The number of nitrogens with zero attached hydrogens (tertiary/aromatic N) is 1. The van der Waals surface area contributed by atoms with Gasteiger partial charge in [-0.2, -0.15) is 0 Å². The fraction of sp³-hybridized carbons (Fsp3) is 0.588. The van der Waals surface area contributed by atoms with E-state index in [-0.39, 0.29) is 12.1 Å². The van der Waals surface area contributed by atoms with Gasteiger partial charge >= 0.3 is 5.97 Å². The lowest BCUT2D eigenvalue weighted by Crippen LogP contribution is -2.36. The highest BCUT2D eigenvalue weighted by atomic mass is 16.5. The van der Waals surface area contributed by atoms with Crippen LogP contribution in [0.2, 0.25) is 0 Å². The maximum atomic E-state index is 11.1. The highest BCUT2D eigenvalue weighted by Crippen LogP contribution is 2.30. The van der Waals surface area contributed by atoms with Crippen molar-refractivity contribution in [1.29, 1.82) is 0 Å². The predicted octanol–water partition coefficient (Wildman–Crippen LogP) is 2.39. The van der Waals surface area contributed by atoms with Crippen molar-refractivity contribution in [3.8, 4) is 0 Å². The van der Waals surface area contributed by atoms with Crippen LogP contribution >= 0.6 is 0 Å². The molecule has 4 nitrogen and oxygen atoms in total. The first-order valence-electron chi connectivity index (χ1n) is 7.73. The maximum absolute atomic E-state index is 11.1. The van der Waals surface area contributed by atoms with Gasteiger partial charge in [0.05, 0.1) is 13.2 Å². The number of carbonyl (C=O) groups excluding carboxylic acids is 1. The summed E-state index contributed by atoms with van der Waals surface area (Å²) < 4.78 is 4.65. The van der Waals surface area contributed by atoms with E-state index in [0.29, 0.717) is 12.3 Å².